The monoisotopic (exact) mass is 725 g/mol. The van der Waals surface area contributed by atoms with E-state index >= 15 is 0 Å². The summed E-state index contributed by atoms with van der Waals surface area (Å²) in [6.07, 6.45) is 1.07. The number of aryl methyl sites for hydroxylation is 1. The topological polar surface area (TPSA) is 162 Å². The first-order valence-corrected chi connectivity index (χ1v) is 16.4. The summed E-state index contributed by atoms with van der Waals surface area (Å²) < 4.78 is 49.6. The van der Waals surface area contributed by atoms with Crippen molar-refractivity contribution in [3.05, 3.63) is 86.3 Å². The number of carbonyl (C=O) groups excluding carboxylic acids is 1. The second-order valence-electron chi connectivity index (χ2n) is 12.0. The van der Waals surface area contributed by atoms with E-state index in [1.165, 1.54) is 21.6 Å². The number of anilines is 1. The first-order chi connectivity index (χ1) is 24.4. The summed E-state index contributed by atoms with van der Waals surface area (Å²) in [6.45, 7) is 5.56. The first kappa shape index (κ1) is 34.1. The second-order valence-corrected chi connectivity index (χ2v) is 12.4. The Labute approximate surface area is 292 Å². The van der Waals surface area contributed by atoms with E-state index in [9.17, 15) is 27.9 Å². The molecule has 2 aliphatic rings. The number of aromatic hydroxyl groups is 1. The van der Waals surface area contributed by atoms with Crippen molar-refractivity contribution in [2.24, 2.45) is 0 Å². The quantitative estimate of drug-likeness (QED) is 0.262. The number of benzene rings is 1. The van der Waals surface area contributed by atoms with E-state index in [-0.39, 0.29) is 53.1 Å². The third kappa shape index (κ3) is 6.40. The number of carbonyl (C=O) groups is 1. The van der Waals surface area contributed by atoms with Gasteiger partial charge in [-0.3, -0.25) is 9.59 Å². The van der Waals surface area contributed by atoms with Crippen molar-refractivity contribution in [2.45, 2.75) is 39.4 Å². The number of hydrogen-bond acceptors (Lipinski definition) is 11. The molecular weight excluding hydrogens is 695 g/mol. The molecule has 5 aromatic rings. The van der Waals surface area contributed by atoms with Crippen LogP contribution in [0.3, 0.4) is 0 Å². The molecule has 4 aromatic heterocycles. The van der Waals surface area contributed by atoms with Gasteiger partial charge >= 0.3 is 6.18 Å². The standard InChI is InChI=1S/C32H31ClF3N11O4/c1-3-23-26(43-8-10-44(11-9-43)29(49)25-27(48)18(2)37-17-38-25)30(50)47-31(39-28(41-47)19-6-12-51-13-7-19)45(23)15-21-16-46(42-40-21)24-5-4-20(14-22(24)33)32(34,35)36/h4-6,14,16-17,48H,3,7-13,15H2,1-2H3. The molecule has 0 aliphatic carbocycles. The molecule has 7 rings (SSSR count). The number of amides is 1. The fraction of sp³-hybridized carbons (Fsp3) is 0.375. The molecule has 1 N–H and O–H groups in total. The molecular formula is C32H31ClF3N11O4. The Morgan fingerprint density at radius 2 is 1.92 bits per heavy atom. The smallest absolute Gasteiger partial charge is 0.416 e. The highest BCUT2D eigenvalue weighted by atomic mass is 35.5. The van der Waals surface area contributed by atoms with E-state index in [1.54, 1.807) is 18.0 Å². The number of hydrogen-bond donors (Lipinski definition) is 1. The predicted molar refractivity (Wildman–Crippen MR) is 177 cm³/mol. The Balaban J connectivity index is 1.25. The highest BCUT2D eigenvalue weighted by Crippen LogP contribution is 2.33. The molecule has 2 aliphatic heterocycles. The van der Waals surface area contributed by atoms with E-state index in [1.807, 2.05) is 22.5 Å². The van der Waals surface area contributed by atoms with E-state index in [0.717, 1.165) is 17.7 Å². The van der Waals surface area contributed by atoms with Crippen LogP contribution >= 0.6 is 11.6 Å². The third-order valence-electron chi connectivity index (χ3n) is 8.88. The lowest BCUT2D eigenvalue weighted by Gasteiger charge is -2.36. The van der Waals surface area contributed by atoms with Crippen molar-refractivity contribution < 1.29 is 27.8 Å². The zero-order chi connectivity index (χ0) is 36.0. The van der Waals surface area contributed by atoms with E-state index in [2.05, 4.69) is 25.4 Å². The Morgan fingerprint density at radius 3 is 2.61 bits per heavy atom. The fourth-order valence-electron chi connectivity index (χ4n) is 6.22. The van der Waals surface area contributed by atoms with Crippen LogP contribution in [-0.2, 0) is 23.9 Å². The van der Waals surface area contributed by atoms with Crippen molar-refractivity contribution in [1.82, 2.24) is 49.0 Å². The van der Waals surface area contributed by atoms with Crippen LogP contribution in [0.2, 0.25) is 5.02 Å². The minimum atomic E-state index is -4.56. The molecule has 0 spiro atoms. The number of halogens is 4. The van der Waals surface area contributed by atoms with Crippen molar-refractivity contribution in [1.29, 1.82) is 0 Å². The highest BCUT2D eigenvalue weighted by Gasteiger charge is 2.32. The maximum absolute atomic E-state index is 14.3. The van der Waals surface area contributed by atoms with Gasteiger partial charge in [0.1, 0.15) is 17.7 Å². The Kier molecular flexibility index (Phi) is 8.96. The van der Waals surface area contributed by atoms with Crippen LogP contribution in [0.15, 0.2) is 41.6 Å². The van der Waals surface area contributed by atoms with E-state index < -0.39 is 17.6 Å². The average molecular weight is 726 g/mol. The average Bonchev–Trinajstić information content (AvgIpc) is 3.79. The highest BCUT2D eigenvalue weighted by molar-refractivity contribution is 6.32. The molecule has 1 amide bonds. The third-order valence-corrected chi connectivity index (χ3v) is 9.19. The number of piperazine rings is 1. The van der Waals surface area contributed by atoms with Gasteiger partial charge in [0.15, 0.2) is 17.3 Å². The van der Waals surface area contributed by atoms with Gasteiger partial charge in [0, 0.05) is 26.2 Å². The summed E-state index contributed by atoms with van der Waals surface area (Å²) in [5, 5.41) is 23.3. The number of fused-ring (bicyclic) bond motifs is 1. The van der Waals surface area contributed by atoms with Crippen LogP contribution in [0.5, 0.6) is 5.75 Å². The molecule has 0 radical (unpaired) electrons. The summed E-state index contributed by atoms with van der Waals surface area (Å²) >= 11 is 6.23. The number of nitrogens with zero attached hydrogens (tertiary/aromatic N) is 11. The minimum absolute atomic E-state index is 0.0860. The maximum atomic E-state index is 14.3. The van der Waals surface area contributed by atoms with Crippen LogP contribution in [0.1, 0.15) is 52.3 Å². The normalized spacial score (nSPS) is 15.5. The lowest BCUT2D eigenvalue weighted by atomic mass is 10.1. The van der Waals surface area contributed by atoms with Crippen LogP contribution < -0.4 is 10.5 Å². The van der Waals surface area contributed by atoms with E-state index in [4.69, 9.17) is 21.3 Å². The van der Waals surface area contributed by atoms with Gasteiger partial charge in [0.25, 0.3) is 11.5 Å². The predicted octanol–water partition coefficient (Wildman–Crippen LogP) is 3.32. The SMILES string of the molecule is CCc1c(N2CCN(C(=O)c3ncnc(C)c3O)CC2)c(=O)n2nc(C3=CCOCC3)nc2n1Cc1cn(-c2ccc(C(F)(F)F)cc2Cl)nn1. The number of aromatic nitrogens is 9. The van der Waals surface area contributed by atoms with Gasteiger partial charge in [-0.05, 0) is 43.5 Å². The molecule has 0 saturated carbocycles. The molecule has 1 saturated heterocycles. The molecule has 0 unspecified atom stereocenters. The molecule has 1 aromatic carbocycles. The molecule has 266 valence electrons. The fourth-order valence-corrected chi connectivity index (χ4v) is 6.49. The molecule has 19 heteroatoms. The van der Waals surface area contributed by atoms with Gasteiger partial charge in [-0.15, -0.1) is 10.2 Å². The molecule has 0 bridgehead atoms. The Bertz CT molecular complexity index is 2240. The summed E-state index contributed by atoms with van der Waals surface area (Å²) in [4.78, 5) is 43.7. The molecule has 15 nitrogen and oxygen atoms in total. The summed E-state index contributed by atoms with van der Waals surface area (Å²) in [5.74, 6) is -0.0544. The number of ether oxygens (including phenoxy) is 1. The van der Waals surface area contributed by atoms with Crippen LogP contribution in [0.4, 0.5) is 18.9 Å². The van der Waals surface area contributed by atoms with Crippen LogP contribution in [0.25, 0.3) is 17.0 Å². The Morgan fingerprint density at radius 1 is 1.14 bits per heavy atom. The van der Waals surface area contributed by atoms with E-state index in [0.29, 0.717) is 67.7 Å². The minimum Gasteiger partial charge on any atom is -0.504 e. The zero-order valence-corrected chi connectivity index (χ0v) is 28.2. The van der Waals surface area contributed by atoms with Gasteiger partial charge in [0.05, 0.1) is 53.6 Å². The molecule has 0 atom stereocenters. The van der Waals surface area contributed by atoms with Crippen molar-refractivity contribution in [3.8, 4) is 11.4 Å². The van der Waals surface area contributed by atoms with Gasteiger partial charge in [-0.1, -0.05) is 29.8 Å². The van der Waals surface area contributed by atoms with Crippen molar-refractivity contribution >= 4 is 34.5 Å². The molecule has 51 heavy (non-hydrogen) atoms. The van der Waals surface area contributed by atoms with Gasteiger partial charge in [-0.25, -0.2) is 14.6 Å². The first-order valence-electron chi connectivity index (χ1n) is 16.1. The van der Waals surface area contributed by atoms with Crippen molar-refractivity contribution in [2.75, 3.05) is 44.3 Å². The Hall–Kier alpha value is -5.36. The number of alkyl halides is 3. The van der Waals surface area contributed by atoms with Gasteiger partial charge in [-0.2, -0.15) is 22.7 Å². The second kappa shape index (κ2) is 13.4. The van der Waals surface area contributed by atoms with Crippen LogP contribution in [-0.4, -0.2) is 99.4 Å². The maximum Gasteiger partial charge on any atom is 0.416 e. The molecule has 1 fully saturated rings. The van der Waals surface area contributed by atoms with Crippen molar-refractivity contribution in [3.63, 3.8) is 0 Å². The lowest BCUT2D eigenvalue weighted by molar-refractivity contribution is -0.137. The molecule has 6 heterocycles. The summed E-state index contributed by atoms with van der Waals surface area (Å²) in [6, 6.07) is 2.97. The van der Waals surface area contributed by atoms with Gasteiger partial charge < -0.3 is 24.2 Å². The lowest BCUT2D eigenvalue weighted by Crippen LogP contribution is -2.51. The largest absolute Gasteiger partial charge is 0.504 e. The summed E-state index contributed by atoms with van der Waals surface area (Å²) in [5.41, 5.74) is 1.43. The zero-order valence-electron chi connectivity index (χ0n) is 27.4. The number of rotatable bonds is 7. The summed E-state index contributed by atoms with van der Waals surface area (Å²) in [7, 11) is 0. The van der Waals surface area contributed by atoms with Crippen LogP contribution in [0, 0.1) is 6.92 Å². The van der Waals surface area contributed by atoms with Gasteiger partial charge in [0.2, 0.25) is 5.78 Å².